The third-order valence-electron chi connectivity index (χ3n) is 4.05. The molecule has 0 bridgehead atoms. The molecular formula is C20H19F3N4. The zero-order chi connectivity index (χ0) is 19.4. The molecule has 1 heterocycles. The fourth-order valence-electron chi connectivity index (χ4n) is 2.59. The summed E-state index contributed by atoms with van der Waals surface area (Å²) in [7, 11) is 0. The molecule has 3 rings (SSSR count). The van der Waals surface area contributed by atoms with Crippen LogP contribution in [0.1, 0.15) is 23.6 Å². The summed E-state index contributed by atoms with van der Waals surface area (Å²) < 4.78 is 40.2. The van der Waals surface area contributed by atoms with Crippen LogP contribution in [0, 0.1) is 6.92 Å². The Morgan fingerprint density at radius 3 is 2.33 bits per heavy atom. The van der Waals surface area contributed by atoms with Gasteiger partial charge in [0.05, 0.1) is 0 Å². The molecule has 0 unspecified atom stereocenters. The van der Waals surface area contributed by atoms with E-state index in [0.717, 1.165) is 17.3 Å². The van der Waals surface area contributed by atoms with E-state index in [0.29, 0.717) is 17.8 Å². The van der Waals surface area contributed by atoms with E-state index < -0.39 is 11.7 Å². The van der Waals surface area contributed by atoms with Gasteiger partial charge in [-0.1, -0.05) is 42.8 Å². The maximum atomic E-state index is 13.4. The van der Waals surface area contributed by atoms with Crippen LogP contribution < -0.4 is 10.6 Å². The molecule has 0 spiro atoms. The number of benzene rings is 2. The lowest BCUT2D eigenvalue weighted by molar-refractivity contribution is -0.137. The van der Waals surface area contributed by atoms with Crippen molar-refractivity contribution >= 4 is 23.1 Å². The monoisotopic (exact) mass is 372 g/mol. The van der Waals surface area contributed by atoms with Crippen LogP contribution in [0.15, 0.2) is 54.7 Å². The molecule has 0 radical (unpaired) electrons. The van der Waals surface area contributed by atoms with E-state index in [1.165, 1.54) is 0 Å². The zero-order valence-electron chi connectivity index (χ0n) is 14.9. The predicted molar refractivity (Wildman–Crippen MR) is 101 cm³/mol. The molecule has 0 atom stereocenters. The first-order valence-corrected chi connectivity index (χ1v) is 8.49. The largest absolute Gasteiger partial charge is 0.421 e. The van der Waals surface area contributed by atoms with Crippen molar-refractivity contribution in [3.63, 3.8) is 0 Å². The molecule has 140 valence electrons. The van der Waals surface area contributed by atoms with Crippen molar-refractivity contribution in [1.29, 1.82) is 0 Å². The average Bonchev–Trinajstić information content (AvgIpc) is 2.63. The summed E-state index contributed by atoms with van der Waals surface area (Å²) in [5, 5.41) is 5.76. The molecule has 0 saturated heterocycles. The number of halogens is 3. The fraction of sp³-hybridized carbons (Fsp3) is 0.200. The molecule has 0 aliphatic heterocycles. The average molecular weight is 372 g/mol. The number of alkyl halides is 3. The highest BCUT2D eigenvalue weighted by Gasteiger charge is 2.35. The quantitative estimate of drug-likeness (QED) is 0.589. The van der Waals surface area contributed by atoms with Gasteiger partial charge >= 0.3 is 6.18 Å². The summed E-state index contributed by atoms with van der Waals surface area (Å²) >= 11 is 0. The molecule has 1 aromatic heterocycles. The van der Waals surface area contributed by atoms with Gasteiger partial charge in [-0.3, -0.25) is 0 Å². The zero-order valence-corrected chi connectivity index (χ0v) is 14.9. The van der Waals surface area contributed by atoms with Crippen molar-refractivity contribution < 1.29 is 13.2 Å². The first kappa shape index (κ1) is 18.7. The number of para-hydroxylation sites is 1. The highest BCUT2D eigenvalue weighted by Crippen LogP contribution is 2.35. The number of hydrogen-bond donors (Lipinski definition) is 2. The van der Waals surface area contributed by atoms with Gasteiger partial charge in [-0.05, 0) is 37.1 Å². The summed E-state index contributed by atoms with van der Waals surface area (Å²) in [6.45, 7) is 3.89. The Morgan fingerprint density at radius 2 is 1.67 bits per heavy atom. The summed E-state index contributed by atoms with van der Waals surface area (Å²) in [6.07, 6.45) is -3.09. The third kappa shape index (κ3) is 4.55. The van der Waals surface area contributed by atoms with Crippen molar-refractivity contribution in [1.82, 2.24) is 9.97 Å². The number of anilines is 4. The standard InChI is InChI=1S/C20H19F3N4/c1-3-14-6-4-5-7-17(14)26-18-16(20(21,22)23)12-24-19(27-18)25-15-10-8-13(2)9-11-15/h4-12H,3H2,1-2H3,(H2,24,25,26,27). The topological polar surface area (TPSA) is 49.8 Å². The molecule has 0 fully saturated rings. The number of aryl methyl sites for hydroxylation is 2. The van der Waals surface area contributed by atoms with E-state index in [9.17, 15) is 13.2 Å². The number of nitrogens with zero attached hydrogens (tertiary/aromatic N) is 2. The second kappa shape index (κ2) is 7.65. The molecule has 3 aromatic rings. The van der Waals surface area contributed by atoms with Gasteiger partial charge in [0.25, 0.3) is 0 Å². The smallest absolute Gasteiger partial charge is 0.339 e. The van der Waals surface area contributed by atoms with E-state index >= 15 is 0 Å². The molecule has 0 amide bonds. The van der Waals surface area contributed by atoms with Gasteiger partial charge in [0.2, 0.25) is 5.95 Å². The predicted octanol–water partition coefficient (Wildman–Crippen LogP) is 5.85. The molecule has 2 N–H and O–H groups in total. The number of nitrogens with one attached hydrogen (secondary N) is 2. The first-order chi connectivity index (χ1) is 12.9. The maximum Gasteiger partial charge on any atom is 0.421 e. The van der Waals surface area contributed by atoms with E-state index in [1.54, 1.807) is 12.1 Å². The lowest BCUT2D eigenvalue weighted by atomic mass is 10.1. The van der Waals surface area contributed by atoms with Crippen LogP contribution in [0.25, 0.3) is 0 Å². The van der Waals surface area contributed by atoms with E-state index in [2.05, 4.69) is 20.6 Å². The number of rotatable bonds is 5. The second-order valence-electron chi connectivity index (χ2n) is 6.08. The van der Waals surface area contributed by atoms with Crippen LogP contribution in [0.2, 0.25) is 0 Å². The first-order valence-electron chi connectivity index (χ1n) is 8.49. The summed E-state index contributed by atoms with van der Waals surface area (Å²) in [5.74, 6) is -0.198. The Hall–Kier alpha value is -3.09. The van der Waals surface area contributed by atoms with Crippen LogP contribution in [0.3, 0.4) is 0 Å². The molecule has 2 aromatic carbocycles. The minimum absolute atomic E-state index is 0.0864. The van der Waals surface area contributed by atoms with Crippen LogP contribution in [0.4, 0.5) is 36.3 Å². The lowest BCUT2D eigenvalue weighted by Crippen LogP contribution is -2.13. The summed E-state index contributed by atoms with van der Waals surface area (Å²) in [5.41, 5.74) is 2.35. The van der Waals surface area contributed by atoms with Crippen LogP contribution in [0.5, 0.6) is 0 Å². The van der Waals surface area contributed by atoms with E-state index in [4.69, 9.17) is 0 Å². The lowest BCUT2D eigenvalue weighted by Gasteiger charge is -2.16. The Labute approximate surface area is 155 Å². The van der Waals surface area contributed by atoms with Crippen LogP contribution in [-0.2, 0) is 12.6 Å². The third-order valence-corrected chi connectivity index (χ3v) is 4.05. The van der Waals surface area contributed by atoms with Crippen LogP contribution in [-0.4, -0.2) is 9.97 Å². The molecule has 27 heavy (non-hydrogen) atoms. The summed E-state index contributed by atoms with van der Waals surface area (Å²) in [4.78, 5) is 7.90. The normalized spacial score (nSPS) is 11.3. The highest BCUT2D eigenvalue weighted by molar-refractivity contribution is 5.65. The van der Waals surface area contributed by atoms with E-state index in [1.807, 2.05) is 50.2 Å². The minimum atomic E-state index is -4.56. The van der Waals surface area contributed by atoms with Crippen molar-refractivity contribution in [2.24, 2.45) is 0 Å². The number of aromatic nitrogens is 2. The van der Waals surface area contributed by atoms with Crippen LogP contribution >= 0.6 is 0 Å². The van der Waals surface area contributed by atoms with Gasteiger partial charge < -0.3 is 10.6 Å². The Kier molecular flexibility index (Phi) is 5.30. The molecule has 0 saturated carbocycles. The Morgan fingerprint density at radius 1 is 0.963 bits per heavy atom. The van der Waals surface area contributed by atoms with E-state index in [-0.39, 0.29) is 11.8 Å². The Bertz CT molecular complexity index is 921. The highest BCUT2D eigenvalue weighted by atomic mass is 19.4. The van der Waals surface area contributed by atoms with Crippen molar-refractivity contribution in [3.05, 3.63) is 71.4 Å². The second-order valence-corrected chi connectivity index (χ2v) is 6.08. The van der Waals surface area contributed by atoms with Crippen molar-refractivity contribution in [3.8, 4) is 0 Å². The maximum absolute atomic E-state index is 13.4. The molecule has 0 aliphatic carbocycles. The van der Waals surface area contributed by atoms with Crippen molar-refractivity contribution in [2.45, 2.75) is 26.4 Å². The van der Waals surface area contributed by atoms with Gasteiger partial charge in [0.1, 0.15) is 11.4 Å². The van der Waals surface area contributed by atoms with Gasteiger partial charge in [0.15, 0.2) is 0 Å². The summed E-state index contributed by atoms with van der Waals surface area (Å²) in [6, 6.07) is 14.6. The SMILES string of the molecule is CCc1ccccc1Nc1nc(Nc2ccc(C)cc2)ncc1C(F)(F)F. The fourth-order valence-corrected chi connectivity index (χ4v) is 2.59. The number of hydrogen-bond acceptors (Lipinski definition) is 4. The van der Waals surface area contributed by atoms with Gasteiger partial charge in [-0.2, -0.15) is 18.2 Å². The van der Waals surface area contributed by atoms with Crippen molar-refractivity contribution in [2.75, 3.05) is 10.6 Å². The molecular weight excluding hydrogens is 353 g/mol. The van der Waals surface area contributed by atoms with Gasteiger partial charge in [-0.25, -0.2) is 4.98 Å². The molecule has 7 heteroatoms. The minimum Gasteiger partial charge on any atom is -0.339 e. The molecule has 0 aliphatic rings. The molecule has 4 nitrogen and oxygen atoms in total. The van der Waals surface area contributed by atoms with Gasteiger partial charge in [0, 0.05) is 17.6 Å². The Balaban J connectivity index is 1.97. The van der Waals surface area contributed by atoms with Gasteiger partial charge in [-0.15, -0.1) is 0 Å².